The molecule has 0 spiro atoms. The molecule has 1 aliphatic heterocycles. The normalized spacial score (nSPS) is 19.6. The van der Waals surface area contributed by atoms with Crippen molar-refractivity contribution in [3.63, 3.8) is 0 Å². The number of hydrogen-bond acceptors (Lipinski definition) is 3. The molecule has 0 aliphatic carbocycles. The lowest BCUT2D eigenvalue weighted by Crippen LogP contribution is -2.30. The minimum atomic E-state index is 0.307. The van der Waals surface area contributed by atoms with E-state index < -0.39 is 0 Å². The Labute approximate surface area is 101 Å². The molecule has 1 unspecified atom stereocenters. The first-order valence-corrected chi connectivity index (χ1v) is 6.05. The minimum absolute atomic E-state index is 0.307. The molecule has 4 heteroatoms. The van der Waals surface area contributed by atoms with Gasteiger partial charge >= 0.3 is 0 Å². The second kappa shape index (κ2) is 5.62. The smallest absolute Gasteiger partial charge is 0.0589 e. The summed E-state index contributed by atoms with van der Waals surface area (Å²) in [5, 5.41) is 4.03. The highest BCUT2D eigenvalue weighted by Gasteiger charge is 2.24. The Morgan fingerprint density at radius 1 is 1.44 bits per heavy atom. The maximum Gasteiger partial charge on any atom is 0.0589 e. The maximum absolute atomic E-state index is 5.84. The molecule has 88 valence electrons. The van der Waals surface area contributed by atoms with Crippen LogP contribution in [0.2, 0.25) is 5.02 Å². The lowest BCUT2D eigenvalue weighted by atomic mass is 9.89. The van der Waals surface area contributed by atoms with Crippen molar-refractivity contribution in [2.24, 2.45) is 5.92 Å². The zero-order valence-electron chi connectivity index (χ0n) is 9.45. The third kappa shape index (κ3) is 2.73. The van der Waals surface area contributed by atoms with Gasteiger partial charge in [-0.05, 0) is 37.9 Å². The van der Waals surface area contributed by atoms with Crippen LogP contribution in [0.5, 0.6) is 0 Å². The number of aromatic nitrogens is 1. The summed E-state index contributed by atoms with van der Waals surface area (Å²) in [5.74, 6) is 0.604. The topological polar surface area (TPSA) is 34.2 Å². The summed E-state index contributed by atoms with van der Waals surface area (Å²) >= 11 is 5.84. The van der Waals surface area contributed by atoms with E-state index in [1.165, 1.54) is 0 Å². The maximum atomic E-state index is 5.84. The summed E-state index contributed by atoms with van der Waals surface area (Å²) in [6, 6.07) is 4.20. The van der Waals surface area contributed by atoms with Crippen molar-refractivity contribution < 1.29 is 4.74 Å². The van der Waals surface area contributed by atoms with E-state index in [2.05, 4.69) is 10.3 Å². The number of halogens is 1. The van der Waals surface area contributed by atoms with Gasteiger partial charge in [0.25, 0.3) is 0 Å². The SMILES string of the molecule is CNC(c1ccc(Cl)cn1)C1CCOCC1. The van der Waals surface area contributed by atoms with Crippen molar-refractivity contribution in [2.75, 3.05) is 20.3 Å². The van der Waals surface area contributed by atoms with Crippen molar-refractivity contribution in [1.82, 2.24) is 10.3 Å². The molecular formula is C12H17ClN2O. The first kappa shape index (κ1) is 11.8. The second-order valence-corrected chi connectivity index (χ2v) is 4.55. The molecule has 1 N–H and O–H groups in total. The van der Waals surface area contributed by atoms with E-state index >= 15 is 0 Å². The highest BCUT2D eigenvalue weighted by molar-refractivity contribution is 6.30. The lowest BCUT2D eigenvalue weighted by Gasteiger charge is -2.29. The zero-order valence-corrected chi connectivity index (χ0v) is 10.2. The Bertz CT molecular complexity index is 322. The van der Waals surface area contributed by atoms with E-state index in [0.717, 1.165) is 31.7 Å². The van der Waals surface area contributed by atoms with Crippen molar-refractivity contribution >= 4 is 11.6 Å². The van der Waals surface area contributed by atoms with Crippen LogP contribution < -0.4 is 5.32 Å². The van der Waals surface area contributed by atoms with Gasteiger partial charge in [-0.3, -0.25) is 4.98 Å². The van der Waals surface area contributed by atoms with Gasteiger partial charge in [-0.1, -0.05) is 11.6 Å². The molecule has 2 heterocycles. The Morgan fingerprint density at radius 2 is 2.19 bits per heavy atom. The van der Waals surface area contributed by atoms with Crippen LogP contribution in [0, 0.1) is 5.92 Å². The van der Waals surface area contributed by atoms with Crippen LogP contribution >= 0.6 is 11.6 Å². The second-order valence-electron chi connectivity index (χ2n) is 4.12. The van der Waals surface area contributed by atoms with Crippen LogP contribution in [0.15, 0.2) is 18.3 Å². The van der Waals surface area contributed by atoms with E-state index in [1.807, 2.05) is 19.2 Å². The Balaban J connectivity index is 2.11. The van der Waals surface area contributed by atoms with Gasteiger partial charge in [-0.25, -0.2) is 0 Å². The van der Waals surface area contributed by atoms with Gasteiger partial charge in [-0.2, -0.15) is 0 Å². The zero-order chi connectivity index (χ0) is 11.4. The fourth-order valence-electron chi connectivity index (χ4n) is 2.25. The molecule has 1 atom stereocenters. The predicted octanol–water partition coefficient (Wildman–Crippen LogP) is 2.42. The number of nitrogens with one attached hydrogen (secondary N) is 1. The van der Waals surface area contributed by atoms with Crippen LogP contribution in [0.25, 0.3) is 0 Å². The van der Waals surface area contributed by atoms with Gasteiger partial charge in [0.05, 0.1) is 16.8 Å². The summed E-state index contributed by atoms with van der Waals surface area (Å²) in [6.45, 7) is 1.72. The number of nitrogens with zero attached hydrogens (tertiary/aromatic N) is 1. The number of pyridine rings is 1. The molecule has 0 saturated carbocycles. The Morgan fingerprint density at radius 3 is 2.75 bits per heavy atom. The summed E-state index contributed by atoms with van der Waals surface area (Å²) in [7, 11) is 1.98. The van der Waals surface area contributed by atoms with E-state index in [-0.39, 0.29) is 0 Å². The van der Waals surface area contributed by atoms with Crippen molar-refractivity contribution in [1.29, 1.82) is 0 Å². The molecule has 0 amide bonds. The molecule has 3 nitrogen and oxygen atoms in total. The van der Waals surface area contributed by atoms with Crippen LogP contribution in [0.4, 0.5) is 0 Å². The van der Waals surface area contributed by atoms with Gasteiger partial charge in [0.15, 0.2) is 0 Å². The van der Waals surface area contributed by atoms with Crippen LogP contribution in [0.3, 0.4) is 0 Å². The van der Waals surface area contributed by atoms with Gasteiger partial charge < -0.3 is 10.1 Å². The molecule has 2 rings (SSSR count). The van der Waals surface area contributed by atoms with Gasteiger partial charge in [0.1, 0.15) is 0 Å². The fourth-order valence-corrected chi connectivity index (χ4v) is 2.36. The summed E-state index contributed by atoms with van der Waals surface area (Å²) < 4.78 is 5.38. The quantitative estimate of drug-likeness (QED) is 0.881. The van der Waals surface area contributed by atoms with Crippen LogP contribution in [-0.2, 0) is 4.74 Å². The van der Waals surface area contributed by atoms with E-state index in [0.29, 0.717) is 17.0 Å². The van der Waals surface area contributed by atoms with Crippen LogP contribution in [-0.4, -0.2) is 25.2 Å². The largest absolute Gasteiger partial charge is 0.381 e. The molecule has 0 bridgehead atoms. The van der Waals surface area contributed by atoms with E-state index in [4.69, 9.17) is 16.3 Å². The number of ether oxygens (including phenoxy) is 1. The molecule has 1 saturated heterocycles. The Hall–Kier alpha value is -0.640. The first-order valence-electron chi connectivity index (χ1n) is 5.67. The van der Waals surface area contributed by atoms with Gasteiger partial charge in [-0.15, -0.1) is 0 Å². The molecule has 16 heavy (non-hydrogen) atoms. The molecule has 1 aliphatic rings. The minimum Gasteiger partial charge on any atom is -0.381 e. The first-order chi connectivity index (χ1) is 7.81. The average Bonchev–Trinajstić information content (AvgIpc) is 2.34. The third-order valence-corrected chi connectivity index (χ3v) is 3.34. The summed E-state index contributed by atoms with van der Waals surface area (Å²) in [5.41, 5.74) is 1.07. The van der Waals surface area contributed by atoms with Gasteiger partial charge in [0.2, 0.25) is 0 Å². The van der Waals surface area contributed by atoms with Crippen LogP contribution in [0.1, 0.15) is 24.6 Å². The number of rotatable bonds is 3. The monoisotopic (exact) mass is 240 g/mol. The highest BCUT2D eigenvalue weighted by Crippen LogP contribution is 2.28. The predicted molar refractivity (Wildman–Crippen MR) is 64.6 cm³/mol. The summed E-state index contributed by atoms with van der Waals surface area (Å²) in [6.07, 6.45) is 3.90. The standard InChI is InChI=1S/C12H17ClN2O/c1-14-12(9-4-6-16-7-5-9)11-3-2-10(13)8-15-11/h2-3,8-9,12,14H,4-7H2,1H3. The fraction of sp³-hybridized carbons (Fsp3) is 0.583. The highest BCUT2D eigenvalue weighted by atomic mass is 35.5. The van der Waals surface area contributed by atoms with E-state index in [9.17, 15) is 0 Å². The molecule has 1 aromatic rings. The van der Waals surface area contributed by atoms with Gasteiger partial charge in [0, 0.05) is 19.4 Å². The molecule has 1 fully saturated rings. The van der Waals surface area contributed by atoms with E-state index in [1.54, 1.807) is 6.20 Å². The average molecular weight is 241 g/mol. The molecular weight excluding hydrogens is 224 g/mol. The van der Waals surface area contributed by atoms with Crippen molar-refractivity contribution in [2.45, 2.75) is 18.9 Å². The molecule has 0 aromatic carbocycles. The Kier molecular flexibility index (Phi) is 4.16. The van der Waals surface area contributed by atoms with Crippen molar-refractivity contribution in [3.05, 3.63) is 29.0 Å². The number of hydrogen-bond donors (Lipinski definition) is 1. The third-order valence-electron chi connectivity index (χ3n) is 3.12. The molecule has 0 radical (unpaired) electrons. The van der Waals surface area contributed by atoms with Crippen molar-refractivity contribution in [3.8, 4) is 0 Å². The molecule has 1 aromatic heterocycles. The summed E-state index contributed by atoms with van der Waals surface area (Å²) in [4.78, 5) is 4.39. The lowest BCUT2D eigenvalue weighted by molar-refractivity contribution is 0.0541.